The number of aryl methyl sites for hydroxylation is 1. The second-order valence-corrected chi connectivity index (χ2v) is 11.1. The number of carbonyl (C=O) groups excluding carboxylic acids is 3. The molecule has 36 heavy (non-hydrogen) atoms. The number of phenols is 1. The molecule has 1 aliphatic rings. The number of unbranched alkanes of at least 4 members (excludes halogenated alkanes) is 2. The number of alkyl carbamates (subject to hydrolysis) is 1. The first-order chi connectivity index (χ1) is 16.9. The van der Waals surface area contributed by atoms with Crippen molar-refractivity contribution in [1.29, 1.82) is 0 Å². The van der Waals surface area contributed by atoms with Gasteiger partial charge in [-0.05, 0) is 64.9 Å². The molecule has 1 saturated carbocycles. The maximum Gasteiger partial charge on any atom is 0.408 e. The molecule has 8 nitrogen and oxygen atoms in total. The standard InChI is InChI=1S/C28H45N3O5/c1-8-9-10-17-29-25(33)23(21-16-11-13-19(4)24(21)32)31(20-14-12-15-20)26(34)22(18(2)3)30-27(35)36-28(5,6)7/h11,13,16,18,20,22-23,32H,8-10,12,14-15,17H2,1-7H3,(H,29,33)(H,30,35). The van der Waals surface area contributed by atoms with E-state index in [0.717, 1.165) is 38.5 Å². The van der Waals surface area contributed by atoms with Crippen LogP contribution in [0.25, 0.3) is 0 Å². The van der Waals surface area contributed by atoms with Crippen LogP contribution in [0.15, 0.2) is 18.2 Å². The summed E-state index contributed by atoms with van der Waals surface area (Å²) in [6, 6.07) is 3.19. The van der Waals surface area contributed by atoms with E-state index < -0.39 is 23.8 Å². The van der Waals surface area contributed by atoms with Gasteiger partial charge in [-0.15, -0.1) is 0 Å². The molecule has 0 radical (unpaired) electrons. The number of hydrogen-bond acceptors (Lipinski definition) is 5. The summed E-state index contributed by atoms with van der Waals surface area (Å²) in [5.41, 5.74) is 0.309. The summed E-state index contributed by atoms with van der Waals surface area (Å²) in [5.74, 6) is -0.918. The van der Waals surface area contributed by atoms with Crippen molar-refractivity contribution >= 4 is 17.9 Å². The third-order valence-corrected chi connectivity index (χ3v) is 6.50. The van der Waals surface area contributed by atoms with Gasteiger partial charge in [-0.25, -0.2) is 4.79 Å². The Morgan fingerprint density at radius 2 is 1.83 bits per heavy atom. The minimum Gasteiger partial charge on any atom is -0.507 e. The monoisotopic (exact) mass is 503 g/mol. The average molecular weight is 504 g/mol. The molecule has 1 fully saturated rings. The van der Waals surface area contributed by atoms with E-state index in [0.29, 0.717) is 17.7 Å². The highest BCUT2D eigenvalue weighted by atomic mass is 16.6. The lowest BCUT2D eigenvalue weighted by Crippen LogP contribution is -2.58. The van der Waals surface area contributed by atoms with E-state index in [-0.39, 0.29) is 29.5 Å². The maximum atomic E-state index is 14.1. The molecule has 202 valence electrons. The molecule has 1 aliphatic carbocycles. The van der Waals surface area contributed by atoms with E-state index in [4.69, 9.17) is 4.74 Å². The molecule has 8 heteroatoms. The molecule has 0 saturated heterocycles. The topological polar surface area (TPSA) is 108 Å². The lowest BCUT2D eigenvalue weighted by molar-refractivity contribution is -0.148. The first-order valence-corrected chi connectivity index (χ1v) is 13.2. The fraction of sp³-hybridized carbons (Fsp3) is 0.679. The lowest BCUT2D eigenvalue weighted by atomic mass is 9.87. The van der Waals surface area contributed by atoms with Crippen molar-refractivity contribution in [2.75, 3.05) is 6.54 Å². The number of carbonyl (C=O) groups is 3. The van der Waals surface area contributed by atoms with Crippen molar-refractivity contribution < 1.29 is 24.2 Å². The number of nitrogens with zero attached hydrogens (tertiary/aromatic N) is 1. The molecular weight excluding hydrogens is 458 g/mol. The van der Waals surface area contributed by atoms with Crippen molar-refractivity contribution in [2.24, 2.45) is 5.92 Å². The van der Waals surface area contributed by atoms with E-state index in [1.807, 2.05) is 13.8 Å². The Morgan fingerprint density at radius 3 is 2.36 bits per heavy atom. The third-order valence-electron chi connectivity index (χ3n) is 6.50. The number of hydrogen-bond donors (Lipinski definition) is 3. The molecule has 0 aliphatic heterocycles. The minimum atomic E-state index is -1.01. The van der Waals surface area contributed by atoms with Gasteiger partial charge in [0.25, 0.3) is 0 Å². The molecule has 0 spiro atoms. The summed E-state index contributed by atoms with van der Waals surface area (Å²) in [7, 11) is 0. The van der Waals surface area contributed by atoms with Gasteiger partial charge in [0.2, 0.25) is 11.8 Å². The third kappa shape index (κ3) is 7.87. The van der Waals surface area contributed by atoms with Gasteiger partial charge in [0.15, 0.2) is 0 Å². The zero-order valence-electron chi connectivity index (χ0n) is 23.0. The van der Waals surface area contributed by atoms with Crippen LogP contribution in [0, 0.1) is 12.8 Å². The fourth-order valence-electron chi connectivity index (χ4n) is 4.29. The van der Waals surface area contributed by atoms with Crippen LogP contribution in [0.1, 0.15) is 97.2 Å². The van der Waals surface area contributed by atoms with Gasteiger partial charge >= 0.3 is 6.09 Å². The summed E-state index contributed by atoms with van der Waals surface area (Å²) in [6.07, 6.45) is 4.64. The SMILES string of the molecule is CCCCCNC(=O)C(c1cccc(C)c1O)N(C(=O)C(NC(=O)OC(C)(C)C)C(C)C)C1CCC1. The van der Waals surface area contributed by atoms with Gasteiger partial charge in [-0.1, -0.05) is 51.8 Å². The van der Waals surface area contributed by atoms with E-state index in [1.54, 1.807) is 50.8 Å². The molecule has 3 amide bonds. The number of nitrogens with one attached hydrogen (secondary N) is 2. The van der Waals surface area contributed by atoms with Crippen molar-refractivity contribution in [1.82, 2.24) is 15.5 Å². The Balaban J connectivity index is 2.47. The first-order valence-electron chi connectivity index (χ1n) is 13.2. The normalized spacial score (nSPS) is 15.6. The van der Waals surface area contributed by atoms with Crippen LogP contribution in [0.5, 0.6) is 5.75 Å². The molecule has 0 bridgehead atoms. The number of rotatable bonds is 11. The van der Waals surface area contributed by atoms with Crippen molar-refractivity contribution in [3.63, 3.8) is 0 Å². The van der Waals surface area contributed by atoms with Crippen LogP contribution in [-0.2, 0) is 14.3 Å². The number of para-hydroxylation sites is 1. The Hall–Kier alpha value is -2.77. The van der Waals surface area contributed by atoms with E-state index >= 15 is 0 Å². The Labute approximate surface area is 216 Å². The van der Waals surface area contributed by atoms with Crippen LogP contribution in [-0.4, -0.2) is 52.1 Å². The minimum absolute atomic E-state index is 0.00419. The van der Waals surface area contributed by atoms with Crippen LogP contribution < -0.4 is 10.6 Å². The van der Waals surface area contributed by atoms with Crippen LogP contribution in [0.4, 0.5) is 4.79 Å². The van der Waals surface area contributed by atoms with Crippen LogP contribution in [0.3, 0.4) is 0 Å². The van der Waals surface area contributed by atoms with E-state index in [2.05, 4.69) is 17.6 Å². The molecule has 0 heterocycles. The second kappa shape index (κ2) is 13.0. The summed E-state index contributed by atoms with van der Waals surface area (Å²) >= 11 is 0. The van der Waals surface area contributed by atoms with Crippen molar-refractivity contribution in [2.45, 2.75) is 111 Å². The molecule has 2 rings (SSSR count). The highest BCUT2D eigenvalue weighted by Gasteiger charge is 2.43. The Morgan fingerprint density at radius 1 is 1.17 bits per heavy atom. The number of benzene rings is 1. The van der Waals surface area contributed by atoms with Crippen molar-refractivity contribution in [3.8, 4) is 5.75 Å². The van der Waals surface area contributed by atoms with E-state index in [1.165, 1.54) is 0 Å². The molecule has 2 unspecified atom stereocenters. The van der Waals surface area contributed by atoms with Gasteiger partial charge < -0.3 is 25.4 Å². The van der Waals surface area contributed by atoms with Crippen LogP contribution >= 0.6 is 0 Å². The lowest BCUT2D eigenvalue weighted by Gasteiger charge is -2.44. The smallest absolute Gasteiger partial charge is 0.408 e. The number of aromatic hydroxyl groups is 1. The Kier molecular flexibility index (Phi) is 10.6. The van der Waals surface area contributed by atoms with Gasteiger partial charge in [0.05, 0.1) is 0 Å². The molecule has 1 aromatic carbocycles. The highest BCUT2D eigenvalue weighted by Crippen LogP contribution is 2.38. The van der Waals surface area contributed by atoms with Crippen LogP contribution in [0.2, 0.25) is 0 Å². The summed E-state index contributed by atoms with van der Waals surface area (Å²) in [5, 5.41) is 16.7. The average Bonchev–Trinajstić information content (AvgIpc) is 2.74. The zero-order chi connectivity index (χ0) is 27.0. The fourth-order valence-corrected chi connectivity index (χ4v) is 4.29. The Bertz CT molecular complexity index is 905. The number of amides is 3. The van der Waals surface area contributed by atoms with Gasteiger partial charge in [0, 0.05) is 18.2 Å². The van der Waals surface area contributed by atoms with E-state index in [9.17, 15) is 19.5 Å². The predicted molar refractivity (Wildman–Crippen MR) is 141 cm³/mol. The second-order valence-electron chi connectivity index (χ2n) is 11.1. The first kappa shape index (κ1) is 29.5. The molecule has 3 N–H and O–H groups in total. The summed E-state index contributed by atoms with van der Waals surface area (Å²) in [4.78, 5) is 41.9. The quantitative estimate of drug-likeness (QED) is 0.369. The molecule has 1 aromatic rings. The van der Waals surface area contributed by atoms with Gasteiger partial charge in [-0.3, -0.25) is 9.59 Å². The maximum absolute atomic E-state index is 14.1. The highest BCUT2D eigenvalue weighted by molar-refractivity contribution is 5.93. The molecule has 2 atom stereocenters. The number of ether oxygens (including phenoxy) is 1. The predicted octanol–water partition coefficient (Wildman–Crippen LogP) is 4.98. The molecule has 0 aromatic heterocycles. The zero-order valence-corrected chi connectivity index (χ0v) is 23.0. The summed E-state index contributed by atoms with van der Waals surface area (Å²) in [6.45, 7) is 13.3. The summed E-state index contributed by atoms with van der Waals surface area (Å²) < 4.78 is 5.41. The van der Waals surface area contributed by atoms with Gasteiger partial charge in [-0.2, -0.15) is 0 Å². The largest absolute Gasteiger partial charge is 0.507 e. The number of phenolic OH excluding ortho intramolecular Hbond substituents is 1. The van der Waals surface area contributed by atoms with Crippen molar-refractivity contribution in [3.05, 3.63) is 29.3 Å². The van der Waals surface area contributed by atoms with Gasteiger partial charge in [0.1, 0.15) is 23.4 Å². The molecular formula is C28H45N3O5.